The summed E-state index contributed by atoms with van der Waals surface area (Å²) in [4.78, 5) is 15.2. The Hall–Kier alpha value is -2.33. The van der Waals surface area contributed by atoms with E-state index in [9.17, 15) is 4.79 Å². The van der Waals surface area contributed by atoms with Gasteiger partial charge in [0.15, 0.2) is 18.9 Å². The molecule has 1 atom stereocenters. The Bertz CT molecular complexity index is 1160. The molecule has 3 aromatic rings. The smallest absolute Gasteiger partial charge is 0.254 e. The second-order valence-corrected chi connectivity index (χ2v) is 8.83. The third-order valence-corrected chi connectivity index (χ3v) is 6.42. The summed E-state index contributed by atoms with van der Waals surface area (Å²) >= 11 is 12.5. The van der Waals surface area contributed by atoms with Gasteiger partial charge in [-0.15, -0.1) is 0 Å². The molecule has 1 aliphatic heterocycles. The number of fused-ring (bicyclic) bond motifs is 2. The molecular formula is C25H21Cl3N2O. The van der Waals surface area contributed by atoms with Crippen molar-refractivity contribution in [3.05, 3.63) is 105 Å². The van der Waals surface area contributed by atoms with Gasteiger partial charge in [-0.3, -0.25) is 4.79 Å². The minimum atomic E-state index is 0. The lowest BCUT2D eigenvalue weighted by Crippen LogP contribution is -3.00. The van der Waals surface area contributed by atoms with Crippen molar-refractivity contribution in [1.29, 1.82) is 0 Å². The summed E-state index contributed by atoms with van der Waals surface area (Å²) in [5.41, 5.74) is 5.85. The van der Waals surface area contributed by atoms with Crippen LogP contribution in [0.15, 0.2) is 78.6 Å². The van der Waals surface area contributed by atoms with E-state index in [1.807, 2.05) is 41.3 Å². The maximum Gasteiger partial charge on any atom is 0.254 e. The van der Waals surface area contributed by atoms with Crippen LogP contribution in [-0.2, 0) is 13.0 Å². The van der Waals surface area contributed by atoms with Crippen LogP contribution in [0.4, 0.5) is 0 Å². The van der Waals surface area contributed by atoms with Crippen LogP contribution < -0.4 is 17.0 Å². The molecule has 2 aliphatic rings. The molecule has 2 aromatic carbocycles. The number of carbonyl (C=O) groups excluding carboxylic acids is 1. The van der Waals surface area contributed by atoms with Gasteiger partial charge in [0.1, 0.15) is 0 Å². The monoisotopic (exact) mass is 470 g/mol. The molecule has 6 heteroatoms. The Morgan fingerprint density at radius 3 is 2.55 bits per heavy atom. The second-order valence-electron chi connectivity index (χ2n) is 7.96. The quantitative estimate of drug-likeness (QED) is 0.537. The number of benzene rings is 2. The molecule has 0 spiro atoms. The van der Waals surface area contributed by atoms with Crippen molar-refractivity contribution in [3.63, 3.8) is 0 Å². The largest absolute Gasteiger partial charge is 1.00 e. The maximum absolute atomic E-state index is 13.3. The molecule has 31 heavy (non-hydrogen) atoms. The highest BCUT2D eigenvalue weighted by Crippen LogP contribution is 2.42. The number of hydrogen-bond acceptors (Lipinski definition) is 1. The number of nitrogens with zero attached hydrogens (tertiary/aromatic N) is 2. The first-order valence-corrected chi connectivity index (χ1v) is 10.8. The third-order valence-electron chi connectivity index (χ3n) is 5.94. The zero-order chi connectivity index (χ0) is 20.7. The van der Waals surface area contributed by atoms with Gasteiger partial charge in [-0.05, 0) is 59.0 Å². The maximum atomic E-state index is 13.3. The fourth-order valence-corrected chi connectivity index (χ4v) is 5.05. The lowest BCUT2D eigenvalue weighted by atomic mass is 9.88. The molecule has 0 radical (unpaired) electrons. The van der Waals surface area contributed by atoms with Gasteiger partial charge in [0.25, 0.3) is 5.91 Å². The molecule has 1 amide bonds. The Balaban J connectivity index is 0.00000231. The molecule has 0 saturated heterocycles. The van der Waals surface area contributed by atoms with Crippen LogP contribution in [0.3, 0.4) is 0 Å². The van der Waals surface area contributed by atoms with Crippen molar-refractivity contribution < 1.29 is 21.8 Å². The lowest BCUT2D eigenvalue weighted by molar-refractivity contribution is -0.701. The number of rotatable bonds is 3. The van der Waals surface area contributed by atoms with Crippen LogP contribution in [0.2, 0.25) is 10.0 Å². The molecule has 0 N–H and O–H groups in total. The summed E-state index contributed by atoms with van der Waals surface area (Å²) in [7, 11) is 0. The highest BCUT2D eigenvalue weighted by Gasteiger charge is 2.37. The van der Waals surface area contributed by atoms with Crippen molar-refractivity contribution in [1.82, 2.24) is 4.90 Å². The van der Waals surface area contributed by atoms with Gasteiger partial charge >= 0.3 is 0 Å². The number of pyridine rings is 1. The van der Waals surface area contributed by atoms with E-state index in [1.54, 1.807) is 12.1 Å². The van der Waals surface area contributed by atoms with E-state index in [0.717, 1.165) is 18.0 Å². The minimum absolute atomic E-state index is 0. The normalized spacial score (nSPS) is 17.1. The number of amides is 1. The van der Waals surface area contributed by atoms with Gasteiger partial charge < -0.3 is 17.3 Å². The Kier molecular flexibility index (Phi) is 6.38. The first-order valence-electron chi connectivity index (χ1n) is 10.1. The molecule has 0 fully saturated rings. The third kappa shape index (κ3) is 4.36. The highest BCUT2D eigenvalue weighted by molar-refractivity contribution is 6.31. The Morgan fingerprint density at radius 1 is 1.00 bits per heavy atom. The molecule has 5 rings (SSSR count). The summed E-state index contributed by atoms with van der Waals surface area (Å²) in [5.74, 6) is 0.227. The van der Waals surface area contributed by atoms with Gasteiger partial charge in [0, 0.05) is 40.8 Å². The van der Waals surface area contributed by atoms with Crippen LogP contribution in [0, 0.1) is 5.92 Å². The average molecular weight is 472 g/mol. The van der Waals surface area contributed by atoms with Crippen molar-refractivity contribution >= 4 is 34.7 Å². The molecule has 2 heterocycles. The van der Waals surface area contributed by atoms with E-state index in [2.05, 4.69) is 29.1 Å². The van der Waals surface area contributed by atoms with Crippen molar-refractivity contribution in [3.8, 4) is 0 Å². The fourth-order valence-electron chi connectivity index (χ4n) is 4.69. The van der Waals surface area contributed by atoms with E-state index in [1.165, 1.54) is 22.3 Å². The van der Waals surface area contributed by atoms with Gasteiger partial charge in [-0.25, -0.2) is 4.57 Å². The van der Waals surface area contributed by atoms with Crippen LogP contribution >= 0.6 is 23.2 Å². The molecule has 0 bridgehead atoms. The fraction of sp³-hybridized carbons (Fsp3) is 0.200. The van der Waals surface area contributed by atoms with Gasteiger partial charge in [0.05, 0.1) is 5.92 Å². The highest BCUT2D eigenvalue weighted by atomic mass is 35.5. The predicted molar refractivity (Wildman–Crippen MR) is 120 cm³/mol. The van der Waals surface area contributed by atoms with Crippen LogP contribution in [0.25, 0.3) is 5.57 Å². The number of aromatic nitrogens is 1. The van der Waals surface area contributed by atoms with Crippen molar-refractivity contribution in [2.75, 3.05) is 13.1 Å². The summed E-state index contributed by atoms with van der Waals surface area (Å²) < 4.78 is 2.19. The zero-order valence-corrected chi connectivity index (χ0v) is 19.0. The molecule has 1 aromatic heterocycles. The topological polar surface area (TPSA) is 24.2 Å². The van der Waals surface area contributed by atoms with Crippen molar-refractivity contribution in [2.45, 2.75) is 13.0 Å². The zero-order valence-electron chi connectivity index (χ0n) is 16.8. The number of halogens is 3. The molecule has 158 valence electrons. The Morgan fingerprint density at radius 2 is 1.77 bits per heavy atom. The van der Waals surface area contributed by atoms with E-state index in [0.29, 0.717) is 23.7 Å². The number of hydrogen-bond donors (Lipinski definition) is 0. The van der Waals surface area contributed by atoms with E-state index in [-0.39, 0.29) is 24.2 Å². The SMILES string of the molecule is O=C(c1cccc(Cl)c1)N1CC2=C(c3cc(Cl)ccc3C2)C(C[n+]2ccccc2)C1.[Cl-]. The minimum Gasteiger partial charge on any atom is -1.00 e. The lowest BCUT2D eigenvalue weighted by Gasteiger charge is -2.33. The number of carbonyl (C=O) groups is 1. The molecule has 1 unspecified atom stereocenters. The average Bonchev–Trinajstić information content (AvgIpc) is 3.12. The van der Waals surface area contributed by atoms with Gasteiger partial charge in [-0.2, -0.15) is 0 Å². The Labute approximate surface area is 198 Å². The van der Waals surface area contributed by atoms with E-state index in [4.69, 9.17) is 23.2 Å². The summed E-state index contributed by atoms with van der Waals surface area (Å²) in [6, 6.07) is 19.4. The summed E-state index contributed by atoms with van der Waals surface area (Å²) in [5, 5.41) is 1.34. The predicted octanol–water partition coefficient (Wildman–Crippen LogP) is 2.07. The molecule has 3 nitrogen and oxygen atoms in total. The first kappa shape index (κ1) is 21.9. The molecular weight excluding hydrogens is 451 g/mol. The standard InChI is InChI=1S/C25H21Cl2N2O.ClH/c26-21-6-4-5-18(12-21)25(30)29-15-19-11-17-7-8-22(27)13-23(17)24(19)20(16-29)14-28-9-2-1-3-10-28;/h1-10,12-13,20H,11,14-16H2;1H/q+1;/p-1. The van der Waals surface area contributed by atoms with Crippen LogP contribution in [-0.4, -0.2) is 23.9 Å². The van der Waals surface area contributed by atoms with Crippen molar-refractivity contribution in [2.24, 2.45) is 5.92 Å². The molecule has 1 aliphatic carbocycles. The first-order chi connectivity index (χ1) is 14.6. The second kappa shape index (κ2) is 9.04. The van der Waals surface area contributed by atoms with Gasteiger partial charge in [0.2, 0.25) is 0 Å². The summed E-state index contributed by atoms with van der Waals surface area (Å²) in [6.45, 7) is 2.12. The molecule has 0 saturated carbocycles. The van der Waals surface area contributed by atoms with E-state index < -0.39 is 0 Å². The van der Waals surface area contributed by atoms with Gasteiger partial charge in [-0.1, -0.05) is 41.4 Å². The van der Waals surface area contributed by atoms with Crippen LogP contribution in [0.1, 0.15) is 21.5 Å². The summed E-state index contributed by atoms with van der Waals surface area (Å²) in [6.07, 6.45) is 5.02. The van der Waals surface area contributed by atoms with E-state index >= 15 is 0 Å². The van der Waals surface area contributed by atoms with Crippen LogP contribution in [0.5, 0.6) is 0 Å².